The minimum Gasteiger partial charge on any atom is -0.499 e. The van der Waals surface area contributed by atoms with Crippen LogP contribution >= 0.6 is 23.2 Å². The summed E-state index contributed by atoms with van der Waals surface area (Å²) in [5, 5.41) is 3.78. The van der Waals surface area contributed by atoms with Crippen molar-refractivity contribution in [3.63, 3.8) is 0 Å². The largest absolute Gasteiger partial charge is 0.499 e. The van der Waals surface area contributed by atoms with E-state index in [1.54, 1.807) is 38.5 Å². The van der Waals surface area contributed by atoms with Gasteiger partial charge in [0.2, 0.25) is 5.91 Å². The van der Waals surface area contributed by atoms with Gasteiger partial charge >= 0.3 is 0 Å². The summed E-state index contributed by atoms with van der Waals surface area (Å²) in [6.45, 7) is 5.05. The van der Waals surface area contributed by atoms with Gasteiger partial charge < -0.3 is 19.5 Å². The van der Waals surface area contributed by atoms with E-state index in [0.29, 0.717) is 54.2 Å². The number of carbonyl (C=O) groups excluding carboxylic acids is 1. The maximum absolute atomic E-state index is 13.4. The summed E-state index contributed by atoms with van der Waals surface area (Å²) in [4.78, 5) is 13.4. The molecule has 0 aromatic heterocycles. The Kier molecular flexibility index (Phi) is 8.58. The Morgan fingerprint density at radius 1 is 1.29 bits per heavy atom. The average molecular weight is 426 g/mol. The third-order valence-electron chi connectivity index (χ3n) is 4.67. The molecule has 0 radical (unpaired) electrons. The van der Waals surface area contributed by atoms with Gasteiger partial charge in [-0.3, -0.25) is 4.79 Å². The molecule has 1 amide bonds. The molecule has 1 aliphatic heterocycles. The number of rotatable bonds is 8. The highest BCUT2D eigenvalue weighted by atomic mass is 35.5. The number of amides is 1. The van der Waals surface area contributed by atoms with Crippen molar-refractivity contribution in [1.29, 1.82) is 0 Å². The lowest BCUT2D eigenvalue weighted by Crippen LogP contribution is -2.42. The van der Waals surface area contributed by atoms with Crippen LogP contribution in [0.1, 0.15) is 12.8 Å². The third-order valence-corrected chi connectivity index (χ3v) is 5.41. The number of methoxy groups -OCH3 is 2. The van der Waals surface area contributed by atoms with Gasteiger partial charge in [-0.25, -0.2) is 0 Å². The number of allylic oxidation sites excluding steroid dienone is 3. The van der Waals surface area contributed by atoms with Crippen LogP contribution in [0, 0.1) is 5.41 Å². The van der Waals surface area contributed by atoms with Gasteiger partial charge in [-0.05, 0) is 42.7 Å². The zero-order valence-corrected chi connectivity index (χ0v) is 17.6. The lowest BCUT2D eigenvalue weighted by atomic mass is 9.72. The minimum atomic E-state index is -0.796. The molecule has 0 spiro atoms. The van der Waals surface area contributed by atoms with E-state index in [2.05, 4.69) is 11.9 Å². The molecule has 0 bridgehead atoms. The summed E-state index contributed by atoms with van der Waals surface area (Å²) in [6.07, 6.45) is 6.38. The van der Waals surface area contributed by atoms with Crippen molar-refractivity contribution in [1.82, 2.24) is 0 Å². The molecule has 1 fully saturated rings. The van der Waals surface area contributed by atoms with Gasteiger partial charge in [0.15, 0.2) is 0 Å². The lowest BCUT2D eigenvalue weighted by molar-refractivity contribution is -0.128. The predicted octanol–water partition coefficient (Wildman–Crippen LogP) is 5.02. The first-order valence-corrected chi connectivity index (χ1v) is 9.63. The first-order valence-electron chi connectivity index (χ1n) is 8.88. The smallest absolute Gasteiger partial charge is 0.235 e. The van der Waals surface area contributed by atoms with Crippen LogP contribution in [0.4, 0.5) is 5.69 Å². The van der Waals surface area contributed by atoms with E-state index in [-0.39, 0.29) is 5.91 Å². The molecule has 152 valence electrons. The van der Waals surface area contributed by atoms with Crippen molar-refractivity contribution < 1.29 is 19.0 Å². The van der Waals surface area contributed by atoms with Crippen molar-refractivity contribution in [3.8, 4) is 0 Å². The fourth-order valence-corrected chi connectivity index (χ4v) is 3.44. The summed E-state index contributed by atoms with van der Waals surface area (Å²) in [5.74, 6) is 0.468. The first-order chi connectivity index (χ1) is 13.5. The summed E-state index contributed by atoms with van der Waals surface area (Å²) < 4.78 is 16.1. The van der Waals surface area contributed by atoms with Gasteiger partial charge in [-0.1, -0.05) is 41.9 Å². The van der Waals surface area contributed by atoms with Crippen LogP contribution in [0.25, 0.3) is 0 Å². The van der Waals surface area contributed by atoms with Gasteiger partial charge in [-0.2, -0.15) is 0 Å². The molecule has 1 heterocycles. The fraction of sp³-hybridized carbons (Fsp3) is 0.381. The Hall–Kier alpha value is -1.79. The molecule has 1 aromatic carbocycles. The zero-order valence-electron chi connectivity index (χ0n) is 16.1. The Bertz CT molecular complexity index is 768. The number of hydrogen-bond donors (Lipinski definition) is 1. The van der Waals surface area contributed by atoms with Gasteiger partial charge in [0.25, 0.3) is 0 Å². The molecular formula is C21H25Cl2NO4. The number of halogens is 2. The maximum Gasteiger partial charge on any atom is 0.235 e. The van der Waals surface area contributed by atoms with Gasteiger partial charge in [0, 0.05) is 26.0 Å². The van der Waals surface area contributed by atoms with Crippen molar-refractivity contribution >= 4 is 34.8 Å². The maximum atomic E-state index is 13.4. The molecule has 28 heavy (non-hydrogen) atoms. The van der Waals surface area contributed by atoms with Crippen LogP contribution in [-0.2, 0) is 19.0 Å². The highest BCUT2D eigenvalue weighted by Gasteiger charge is 2.42. The highest BCUT2D eigenvalue weighted by Crippen LogP contribution is 2.41. The molecule has 0 aliphatic carbocycles. The Labute approximate surface area is 175 Å². The number of benzene rings is 1. The van der Waals surface area contributed by atoms with E-state index >= 15 is 0 Å². The number of hydrogen-bond acceptors (Lipinski definition) is 4. The molecule has 1 aromatic rings. The highest BCUT2D eigenvalue weighted by molar-refractivity contribution is 6.42. The number of carbonyl (C=O) groups is 1. The van der Waals surface area contributed by atoms with Crippen molar-refractivity contribution in [2.24, 2.45) is 5.41 Å². The van der Waals surface area contributed by atoms with Crippen molar-refractivity contribution in [2.45, 2.75) is 12.8 Å². The predicted molar refractivity (Wildman–Crippen MR) is 113 cm³/mol. The zero-order chi connectivity index (χ0) is 20.6. The fourth-order valence-electron chi connectivity index (χ4n) is 3.14. The Morgan fingerprint density at radius 2 is 2.00 bits per heavy atom. The van der Waals surface area contributed by atoms with Gasteiger partial charge in [0.05, 0.1) is 22.6 Å². The van der Waals surface area contributed by atoms with Crippen molar-refractivity contribution in [3.05, 3.63) is 64.4 Å². The molecule has 0 atom stereocenters. The molecule has 2 rings (SSSR count). The summed E-state index contributed by atoms with van der Waals surface area (Å²) in [7, 11) is 3.16. The number of ether oxygens (including phenoxy) is 3. The second kappa shape index (κ2) is 10.7. The molecule has 0 unspecified atom stereocenters. The average Bonchev–Trinajstić information content (AvgIpc) is 2.70. The first kappa shape index (κ1) is 22.5. The number of anilines is 1. The molecular weight excluding hydrogens is 401 g/mol. The van der Waals surface area contributed by atoms with E-state index < -0.39 is 5.41 Å². The van der Waals surface area contributed by atoms with E-state index in [4.69, 9.17) is 37.4 Å². The molecule has 7 heteroatoms. The third kappa shape index (κ3) is 5.39. The standard InChI is InChI=1S/C21H25Cl2NO4/c1-4-5-15(12-17(27-3)14-26-2)21(8-10-28-11-9-21)20(25)24-16-6-7-18(22)19(23)13-16/h4-7,12-13H,1,8-11,14H2,2-3H3,(H,24,25)/b15-5+,17-12+. The second-order valence-corrected chi connectivity index (χ2v) is 7.20. The minimum absolute atomic E-state index is 0.147. The van der Waals surface area contributed by atoms with Crippen LogP contribution < -0.4 is 5.32 Å². The van der Waals surface area contributed by atoms with Crippen LogP contribution in [0.3, 0.4) is 0 Å². The summed E-state index contributed by atoms with van der Waals surface area (Å²) >= 11 is 12.1. The van der Waals surface area contributed by atoms with Crippen LogP contribution in [-0.4, -0.2) is 39.9 Å². The van der Waals surface area contributed by atoms with Gasteiger partial charge in [-0.15, -0.1) is 0 Å². The molecule has 1 saturated heterocycles. The topological polar surface area (TPSA) is 56.8 Å². The normalized spacial score (nSPS) is 17.1. The SMILES string of the molecule is C=C/C=C(\C=C(/COC)OC)C1(C(=O)Nc2ccc(Cl)c(Cl)c2)CCOCC1. The quantitative estimate of drug-likeness (QED) is 0.469. The van der Waals surface area contributed by atoms with E-state index in [1.165, 1.54) is 0 Å². The second-order valence-electron chi connectivity index (χ2n) is 6.38. The van der Waals surface area contributed by atoms with E-state index in [9.17, 15) is 4.79 Å². The lowest BCUT2D eigenvalue weighted by Gasteiger charge is -2.37. The summed E-state index contributed by atoms with van der Waals surface area (Å²) in [6, 6.07) is 5.00. The monoisotopic (exact) mass is 425 g/mol. The Morgan fingerprint density at radius 3 is 2.57 bits per heavy atom. The molecule has 1 aliphatic rings. The molecule has 0 saturated carbocycles. The van der Waals surface area contributed by atoms with Crippen LogP contribution in [0.5, 0.6) is 0 Å². The van der Waals surface area contributed by atoms with E-state index in [0.717, 1.165) is 5.57 Å². The number of nitrogens with one attached hydrogen (secondary N) is 1. The van der Waals surface area contributed by atoms with E-state index in [1.807, 2.05) is 12.2 Å². The van der Waals surface area contributed by atoms with Crippen LogP contribution in [0.2, 0.25) is 10.0 Å². The molecule has 1 N–H and O–H groups in total. The Balaban J connectivity index is 2.42. The van der Waals surface area contributed by atoms with Crippen LogP contribution in [0.15, 0.2) is 54.3 Å². The molecule has 5 nitrogen and oxygen atoms in total. The van der Waals surface area contributed by atoms with Crippen molar-refractivity contribution in [2.75, 3.05) is 39.4 Å². The summed E-state index contributed by atoms with van der Waals surface area (Å²) in [5.41, 5.74) is 0.573. The van der Waals surface area contributed by atoms with Gasteiger partial charge in [0.1, 0.15) is 12.4 Å².